The molecule has 1 atom stereocenters. The molecular formula is C15H17FN6O2S. The maximum atomic E-state index is 13.9. The maximum Gasteiger partial charge on any atom is 0.237 e. The molecule has 10 heteroatoms. The molecule has 0 spiro atoms. The van der Waals surface area contributed by atoms with Crippen LogP contribution in [0.25, 0.3) is 0 Å². The molecule has 1 saturated carbocycles. The first-order valence-electron chi connectivity index (χ1n) is 7.76. The summed E-state index contributed by atoms with van der Waals surface area (Å²) in [5, 5.41) is 16.6. The van der Waals surface area contributed by atoms with Crippen LogP contribution in [-0.2, 0) is 9.59 Å². The van der Waals surface area contributed by atoms with Gasteiger partial charge in [0.1, 0.15) is 5.82 Å². The Morgan fingerprint density at radius 2 is 2.12 bits per heavy atom. The van der Waals surface area contributed by atoms with Crippen LogP contribution in [-0.4, -0.2) is 37.3 Å². The van der Waals surface area contributed by atoms with Crippen molar-refractivity contribution in [3.8, 4) is 0 Å². The lowest BCUT2D eigenvalue weighted by Crippen LogP contribution is -2.23. The number of aromatic nitrogens is 4. The van der Waals surface area contributed by atoms with Crippen molar-refractivity contribution in [3.63, 3.8) is 0 Å². The molecule has 1 fully saturated rings. The Balaban J connectivity index is 1.66. The summed E-state index contributed by atoms with van der Waals surface area (Å²) in [6.07, 6.45) is 2.06. The third kappa shape index (κ3) is 4.32. The van der Waals surface area contributed by atoms with E-state index in [1.165, 1.54) is 36.9 Å². The number of thioether (sulfide) groups is 1. The monoisotopic (exact) mass is 364 g/mol. The van der Waals surface area contributed by atoms with Gasteiger partial charge in [-0.2, -0.15) is 0 Å². The lowest BCUT2D eigenvalue weighted by molar-refractivity contribution is -0.115. The third-order valence-corrected chi connectivity index (χ3v) is 4.60. The Hall–Kier alpha value is -2.49. The molecule has 2 aromatic rings. The van der Waals surface area contributed by atoms with Gasteiger partial charge in [0.15, 0.2) is 0 Å². The summed E-state index contributed by atoms with van der Waals surface area (Å²) in [4.78, 5) is 23.5. The summed E-state index contributed by atoms with van der Waals surface area (Å²) in [7, 11) is 0. The van der Waals surface area contributed by atoms with Crippen LogP contribution in [0.4, 0.5) is 15.8 Å². The van der Waals surface area contributed by atoms with Gasteiger partial charge in [0, 0.05) is 12.6 Å². The highest BCUT2D eigenvalue weighted by Crippen LogP contribution is 2.37. The molecule has 8 nitrogen and oxygen atoms in total. The maximum absolute atomic E-state index is 13.9. The number of carbonyl (C=O) groups is 2. The van der Waals surface area contributed by atoms with Crippen molar-refractivity contribution in [1.29, 1.82) is 0 Å². The van der Waals surface area contributed by atoms with Gasteiger partial charge in [0.05, 0.1) is 17.0 Å². The fraction of sp³-hybridized carbons (Fsp3) is 0.400. The zero-order valence-corrected chi connectivity index (χ0v) is 14.5. The van der Waals surface area contributed by atoms with Gasteiger partial charge in [0.2, 0.25) is 17.0 Å². The van der Waals surface area contributed by atoms with Crippen LogP contribution in [0.5, 0.6) is 0 Å². The van der Waals surface area contributed by atoms with Crippen LogP contribution in [0, 0.1) is 5.82 Å². The highest BCUT2D eigenvalue weighted by molar-refractivity contribution is 8.00. The predicted octanol–water partition coefficient (Wildman–Crippen LogP) is 2.22. The summed E-state index contributed by atoms with van der Waals surface area (Å²) < 4.78 is 15.6. The first-order valence-corrected chi connectivity index (χ1v) is 8.64. The van der Waals surface area contributed by atoms with Gasteiger partial charge in [-0.25, -0.2) is 9.07 Å². The Morgan fingerprint density at radius 1 is 1.36 bits per heavy atom. The second-order valence-corrected chi connectivity index (χ2v) is 7.07. The fourth-order valence-corrected chi connectivity index (χ4v) is 3.02. The summed E-state index contributed by atoms with van der Waals surface area (Å²) >= 11 is 1.22. The smallest absolute Gasteiger partial charge is 0.237 e. The zero-order valence-electron chi connectivity index (χ0n) is 13.7. The van der Waals surface area contributed by atoms with Crippen molar-refractivity contribution in [2.45, 2.75) is 43.1 Å². The Morgan fingerprint density at radius 3 is 2.80 bits per heavy atom. The van der Waals surface area contributed by atoms with E-state index >= 15 is 0 Å². The van der Waals surface area contributed by atoms with E-state index in [1.807, 2.05) is 0 Å². The predicted molar refractivity (Wildman–Crippen MR) is 90.7 cm³/mol. The fourth-order valence-electron chi connectivity index (χ4n) is 2.16. The summed E-state index contributed by atoms with van der Waals surface area (Å²) in [6.45, 7) is 3.05. The minimum atomic E-state index is -0.581. The van der Waals surface area contributed by atoms with Gasteiger partial charge in [-0.1, -0.05) is 11.8 Å². The number of nitrogens with one attached hydrogen (secondary N) is 2. The van der Waals surface area contributed by atoms with E-state index in [0.29, 0.717) is 16.9 Å². The van der Waals surface area contributed by atoms with Gasteiger partial charge in [-0.15, -0.1) is 5.10 Å². The van der Waals surface area contributed by atoms with E-state index in [1.54, 1.807) is 11.6 Å². The molecular weight excluding hydrogens is 347 g/mol. The van der Waals surface area contributed by atoms with Crippen molar-refractivity contribution in [3.05, 3.63) is 24.0 Å². The first kappa shape index (κ1) is 17.3. The molecule has 2 N–H and O–H groups in total. The van der Waals surface area contributed by atoms with Gasteiger partial charge in [-0.3, -0.25) is 9.59 Å². The van der Waals surface area contributed by atoms with Crippen molar-refractivity contribution in [2.75, 3.05) is 10.6 Å². The largest absolute Gasteiger partial charge is 0.326 e. The molecule has 0 aliphatic heterocycles. The first-order chi connectivity index (χ1) is 11.9. The minimum Gasteiger partial charge on any atom is -0.326 e. The van der Waals surface area contributed by atoms with E-state index in [-0.39, 0.29) is 17.5 Å². The van der Waals surface area contributed by atoms with E-state index in [9.17, 15) is 14.0 Å². The number of tetrazole rings is 1. The molecule has 1 aromatic carbocycles. The lowest BCUT2D eigenvalue weighted by Gasteiger charge is -2.13. The standard InChI is InChI=1S/C15H17FN6O2S/c1-8(25-15-19-20-21-22(15)11-4-5-11)14(24)18-13-7-10(17-9(2)23)3-6-12(13)16/h3,6-8,11H,4-5H2,1-2H3,(H,17,23)(H,18,24). The van der Waals surface area contributed by atoms with Gasteiger partial charge < -0.3 is 10.6 Å². The molecule has 1 aliphatic rings. The number of amides is 2. The molecule has 132 valence electrons. The Labute approximate surface area is 147 Å². The van der Waals surface area contributed by atoms with Crippen LogP contribution in [0.1, 0.15) is 32.7 Å². The molecule has 1 aromatic heterocycles. The lowest BCUT2D eigenvalue weighted by atomic mass is 10.2. The molecule has 3 rings (SSSR count). The van der Waals surface area contributed by atoms with E-state index in [4.69, 9.17) is 0 Å². The number of hydrogen-bond acceptors (Lipinski definition) is 6. The van der Waals surface area contributed by atoms with Crippen LogP contribution >= 0.6 is 11.8 Å². The van der Waals surface area contributed by atoms with Crippen LogP contribution in [0.2, 0.25) is 0 Å². The van der Waals surface area contributed by atoms with Crippen LogP contribution < -0.4 is 10.6 Å². The molecule has 1 aliphatic carbocycles. The number of rotatable bonds is 6. The average Bonchev–Trinajstić information content (AvgIpc) is 3.30. The normalized spacial score (nSPS) is 14.8. The van der Waals surface area contributed by atoms with Crippen molar-refractivity contribution in [2.24, 2.45) is 0 Å². The van der Waals surface area contributed by atoms with Gasteiger partial charge in [0.25, 0.3) is 0 Å². The number of benzene rings is 1. The van der Waals surface area contributed by atoms with Crippen molar-refractivity contribution >= 4 is 35.0 Å². The SMILES string of the molecule is CC(=O)Nc1ccc(F)c(NC(=O)C(C)Sc2nnnn2C2CC2)c1. The van der Waals surface area contributed by atoms with Crippen LogP contribution in [0.15, 0.2) is 23.4 Å². The zero-order chi connectivity index (χ0) is 18.0. The Bertz CT molecular complexity index is 807. The summed E-state index contributed by atoms with van der Waals surface area (Å²) in [6, 6.07) is 4.29. The average molecular weight is 364 g/mol. The second kappa shape index (κ2) is 7.18. The topological polar surface area (TPSA) is 102 Å². The molecule has 1 unspecified atom stereocenters. The van der Waals surface area contributed by atoms with Crippen molar-refractivity contribution < 1.29 is 14.0 Å². The number of hydrogen-bond donors (Lipinski definition) is 2. The quantitative estimate of drug-likeness (QED) is 0.762. The molecule has 0 saturated heterocycles. The highest BCUT2D eigenvalue weighted by Gasteiger charge is 2.29. The van der Waals surface area contributed by atoms with Crippen LogP contribution in [0.3, 0.4) is 0 Å². The van der Waals surface area contributed by atoms with Gasteiger partial charge >= 0.3 is 0 Å². The third-order valence-electron chi connectivity index (χ3n) is 3.55. The molecule has 25 heavy (non-hydrogen) atoms. The number of halogens is 1. The number of carbonyl (C=O) groups excluding carboxylic acids is 2. The second-order valence-electron chi connectivity index (χ2n) is 5.76. The van der Waals surface area contributed by atoms with E-state index in [2.05, 4.69) is 26.2 Å². The van der Waals surface area contributed by atoms with Crippen molar-refractivity contribution in [1.82, 2.24) is 20.2 Å². The Kier molecular flexibility index (Phi) is 4.98. The van der Waals surface area contributed by atoms with E-state index in [0.717, 1.165) is 12.8 Å². The molecule has 2 amide bonds. The van der Waals surface area contributed by atoms with Gasteiger partial charge in [-0.05, 0) is 48.4 Å². The number of anilines is 2. The summed E-state index contributed by atoms with van der Waals surface area (Å²) in [5.74, 6) is -1.24. The highest BCUT2D eigenvalue weighted by atomic mass is 32.2. The van der Waals surface area contributed by atoms with E-state index < -0.39 is 11.1 Å². The minimum absolute atomic E-state index is 0.00508. The number of nitrogens with zero attached hydrogens (tertiary/aromatic N) is 4. The molecule has 0 bridgehead atoms. The molecule has 0 radical (unpaired) electrons. The summed E-state index contributed by atoms with van der Waals surface area (Å²) in [5.41, 5.74) is 0.410. The molecule has 1 heterocycles.